The van der Waals surface area contributed by atoms with E-state index in [0.717, 1.165) is 5.92 Å². The van der Waals surface area contributed by atoms with Crippen molar-refractivity contribution in [3.05, 3.63) is 35.4 Å². The molecule has 1 aliphatic carbocycles. The van der Waals surface area contributed by atoms with Crippen LogP contribution in [0.2, 0.25) is 0 Å². The van der Waals surface area contributed by atoms with Crippen molar-refractivity contribution in [1.29, 1.82) is 0 Å². The van der Waals surface area contributed by atoms with Crippen LogP contribution in [0.3, 0.4) is 0 Å². The summed E-state index contributed by atoms with van der Waals surface area (Å²) < 4.78 is 0. The summed E-state index contributed by atoms with van der Waals surface area (Å²) >= 11 is 0. The average Bonchev–Trinajstić information content (AvgIpc) is 2.39. The molecule has 1 aromatic rings. The monoisotopic (exact) mass is 175 g/mol. The van der Waals surface area contributed by atoms with Crippen LogP contribution in [0.25, 0.3) is 0 Å². The number of fused-ring (bicyclic) bond motifs is 1. The van der Waals surface area contributed by atoms with Crippen LogP contribution in [0.5, 0.6) is 0 Å². The SMILES string of the molecule is CC1Cc2ccccc2C1N(C)C. The Hall–Kier alpha value is -0.820. The normalized spacial score (nSPS) is 26.5. The molecule has 2 unspecified atom stereocenters. The lowest BCUT2D eigenvalue weighted by Gasteiger charge is -2.24. The molecule has 1 aromatic carbocycles. The van der Waals surface area contributed by atoms with Crippen LogP contribution >= 0.6 is 0 Å². The molecule has 0 saturated carbocycles. The minimum absolute atomic E-state index is 0.621. The Morgan fingerprint density at radius 2 is 1.92 bits per heavy atom. The highest BCUT2D eigenvalue weighted by atomic mass is 15.1. The third kappa shape index (κ3) is 1.37. The highest BCUT2D eigenvalue weighted by molar-refractivity contribution is 5.35. The summed E-state index contributed by atoms with van der Waals surface area (Å²) in [5, 5.41) is 0. The maximum Gasteiger partial charge on any atom is 0.0373 e. The van der Waals surface area contributed by atoms with Gasteiger partial charge in [0, 0.05) is 6.04 Å². The zero-order valence-electron chi connectivity index (χ0n) is 8.62. The minimum atomic E-state index is 0.621. The first-order chi connectivity index (χ1) is 6.20. The van der Waals surface area contributed by atoms with Gasteiger partial charge in [-0.25, -0.2) is 0 Å². The summed E-state index contributed by atoms with van der Waals surface area (Å²) in [7, 11) is 4.34. The van der Waals surface area contributed by atoms with E-state index >= 15 is 0 Å². The van der Waals surface area contributed by atoms with Gasteiger partial charge in [-0.2, -0.15) is 0 Å². The average molecular weight is 175 g/mol. The lowest BCUT2D eigenvalue weighted by atomic mass is 10.0. The van der Waals surface area contributed by atoms with Crippen molar-refractivity contribution < 1.29 is 0 Å². The van der Waals surface area contributed by atoms with Gasteiger partial charge in [-0.3, -0.25) is 0 Å². The molecule has 2 atom stereocenters. The van der Waals surface area contributed by atoms with Crippen LogP contribution < -0.4 is 0 Å². The lowest BCUT2D eigenvalue weighted by Crippen LogP contribution is -2.22. The maximum absolute atomic E-state index is 2.34. The Morgan fingerprint density at radius 1 is 1.23 bits per heavy atom. The number of hydrogen-bond donors (Lipinski definition) is 0. The molecule has 0 aromatic heterocycles. The first-order valence-electron chi connectivity index (χ1n) is 4.94. The molecule has 0 N–H and O–H groups in total. The zero-order chi connectivity index (χ0) is 9.42. The van der Waals surface area contributed by atoms with Gasteiger partial charge in [-0.05, 0) is 37.6 Å². The predicted octanol–water partition coefficient (Wildman–Crippen LogP) is 2.48. The van der Waals surface area contributed by atoms with Crippen molar-refractivity contribution in [3.8, 4) is 0 Å². The first-order valence-corrected chi connectivity index (χ1v) is 4.94. The second kappa shape index (κ2) is 3.15. The molecule has 70 valence electrons. The van der Waals surface area contributed by atoms with Gasteiger partial charge < -0.3 is 4.90 Å². The fourth-order valence-corrected chi connectivity index (χ4v) is 2.56. The number of rotatable bonds is 1. The molecule has 0 aliphatic heterocycles. The standard InChI is InChI=1S/C12H17N/c1-9-8-10-6-4-5-7-11(10)12(9)13(2)3/h4-7,9,12H,8H2,1-3H3. The van der Waals surface area contributed by atoms with E-state index in [1.807, 2.05) is 0 Å². The van der Waals surface area contributed by atoms with Crippen molar-refractivity contribution in [2.45, 2.75) is 19.4 Å². The fourth-order valence-electron chi connectivity index (χ4n) is 2.56. The van der Waals surface area contributed by atoms with Crippen molar-refractivity contribution in [2.24, 2.45) is 5.92 Å². The zero-order valence-corrected chi connectivity index (χ0v) is 8.62. The third-order valence-corrected chi connectivity index (χ3v) is 3.01. The smallest absolute Gasteiger partial charge is 0.0373 e. The molecule has 0 amide bonds. The van der Waals surface area contributed by atoms with E-state index in [1.165, 1.54) is 17.5 Å². The Morgan fingerprint density at radius 3 is 2.62 bits per heavy atom. The predicted molar refractivity (Wildman–Crippen MR) is 55.7 cm³/mol. The van der Waals surface area contributed by atoms with Crippen molar-refractivity contribution >= 4 is 0 Å². The second-order valence-corrected chi connectivity index (χ2v) is 4.29. The van der Waals surface area contributed by atoms with Gasteiger partial charge in [0.2, 0.25) is 0 Å². The molecule has 13 heavy (non-hydrogen) atoms. The molecule has 0 heterocycles. The molecule has 0 radical (unpaired) electrons. The van der Waals surface area contributed by atoms with E-state index in [-0.39, 0.29) is 0 Å². The largest absolute Gasteiger partial charge is 0.302 e. The Bertz CT molecular complexity index is 304. The van der Waals surface area contributed by atoms with Gasteiger partial charge in [0.25, 0.3) is 0 Å². The van der Waals surface area contributed by atoms with Gasteiger partial charge in [0.15, 0.2) is 0 Å². The molecule has 2 rings (SSSR count). The van der Waals surface area contributed by atoms with E-state index < -0.39 is 0 Å². The summed E-state index contributed by atoms with van der Waals surface area (Å²) in [6.07, 6.45) is 1.24. The van der Waals surface area contributed by atoms with Crippen LogP contribution in [0.1, 0.15) is 24.1 Å². The van der Waals surface area contributed by atoms with E-state index in [0.29, 0.717) is 6.04 Å². The molecule has 0 bridgehead atoms. The van der Waals surface area contributed by atoms with Crippen LogP contribution in [-0.4, -0.2) is 19.0 Å². The van der Waals surface area contributed by atoms with Crippen LogP contribution in [-0.2, 0) is 6.42 Å². The number of benzene rings is 1. The quantitative estimate of drug-likeness (QED) is 0.634. The Kier molecular flexibility index (Phi) is 2.12. The minimum Gasteiger partial charge on any atom is -0.302 e. The molecule has 0 spiro atoms. The van der Waals surface area contributed by atoms with Gasteiger partial charge in [0.05, 0.1) is 0 Å². The second-order valence-electron chi connectivity index (χ2n) is 4.29. The summed E-state index contributed by atoms with van der Waals surface area (Å²) in [5.74, 6) is 0.757. The van der Waals surface area contributed by atoms with Gasteiger partial charge in [-0.15, -0.1) is 0 Å². The van der Waals surface area contributed by atoms with Gasteiger partial charge in [-0.1, -0.05) is 31.2 Å². The highest BCUT2D eigenvalue weighted by Crippen LogP contribution is 2.38. The van der Waals surface area contributed by atoms with Crippen molar-refractivity contribution in [1.82, 2.24) is 4.90 Å². The van der Waals surface area contributed by atoms with Crippen molar-refractivity contribution in [2.75, 3.05) is 14.1 Å². The number of nitrogens with zero attached hydrogens (tertiary/aromatic N) is 1. The van der Waals surface area contributed by atoms with Gasteiger partial charge in [0.1, 0.15) is 0 Å². The third-order valence-electron chi connectivity index (χ3n) is 3.01. The van der Waals surface area contributed by atoms with E-state index in [2.05, 4.69) is 50.2 Å². The summed E-state index contributed by atoms with van der Waals surface area (Å²) in [5.41, 5.74) is 3.06. The Balaban J connectivity index is 2.40. The van der Waals surface area contributed by atoms with Crippen molar-refractivity contribution in [3.63, 3.8) is 0 Å². The molecular formula is C12H17N. The Labute approximate surface area is 80.4 Å². The van der Waals surface area contributed by atoms with E-state index in [4.69, 9.17) is 0 Å². The molecule has 1 aliphatic rings. The van der Waals surface area contributed by atoms with Crippen LogP contribution in [0, 0.1) is 5.92 Å². The molecule has 0 fully saturated rings. The molecule has 1 heteroatoms. The summed E-state index contributed by atoms with van der Waals surface area (Å²) in [4.78, 5) is 2.33. The molecule has 1 nitrogen and oxygen atoms in total. The fraction of sp³-hybridized carbons (Fsp3) is 0.500. The lowest BCUT2D eigenvalue weighted by molar-refractivity contribution is 0.241. The van der Waals surface area contributed by atoms with E-state index in [1.54, 1.807) is 0 Å². The highest BCUT2D eigenvalue weighted by Gasteiger charge is 2.29. The summed E-state index contributed by atoms with van der Waals surface area (Å²) in [6, 6.07) is 9.44. The topological polar surface area (TPSA) is 3.24 Å². The van der Waals surface area contributed by atoms with Gasteiger partial charge >= 0.3 is 0 Å². The van der Waals surface area contributed by atoms with Crippen LogP contribution in [0.4, 0.5) is 0 Å². The first kappa shape index (κ1) is 8.76. The molecular weight excluding hydrogens is 158 g/mol. The van der Waals surface area contributed by atoms with Crippen LogP contribution in [0.15, 0.2) is 24.3 Å². The molecule has 0 saturated heterocycles. The number of hydrogen-bond acceptors (Lipinski definition) is 1. The summed E-state index contributed by atoms with van der Waals surface area (Å²) in [6.45, 7) is 2.34. The maximum atomic E-state index is 2.34. The van der Waals surface area contributed by atoms with E-state index in [9.17, 15) is 0 Å².